The molecule has 152 valence electrons. The van der Waals surface area contributed by atoms with Crippen LogP contribution in [0.2, 0.25) is 0 Å². The fourth-order valence-corrected chi connectivity index (χ4v) is 3.37. The van der Waals surface area contributed by atoms with Gasteiger partial charge in [-0.05, 0) is 51.7 Å². The van der Waals surface area contributed by atoms with E-state index in [-0.39, 0.29) is 12.2 Å². The number of para-hydroxylation sites is 1. The molecule has 1 amide bonds. The third-order valence-corrected chi connectivity index (χ3v) is 5.04. The van der Waals surface area contributed by atoms with E-state index in [1.54, 1.807) is 31.2 Å². The van der Waals surface area contributed by atoms with Crippen molar-refractivity contribution in [3.63, 3.8) is 0 Å². The number of esters is 1. The van der Waals surface area contributed by atoms with Crippen molar-refractivity contribution < 1.29 is 23.6 Å². The molecule has 1 saturated carbocycles. The summed E-state index contributed by atoms with van der Waals surface area (Å²) in [5, 5.41) is 15.9. The monoisotopic (exact) mass is 397 g/mol. The van der Waals surface area contributed by atoms with E-state index >= 15 is 0 Å². The molecule has 8 nitrogen and oxygen atoms in total. The zero-order valence-corrected chi connectivity index (χ0v) is 16.5. The number of nitrogens with one attached hydrogen (secondary N) is 1. The first kappa shape index (κ1) is 20.4. The predicted octanol–water partition coefficient (Wildman–Crippen LogP) is 2.98. The minimum atomic E-state index is -0.848. The first-order valence-electron chi connectivity index (χ1n) is 9.47. The van der Waals surface area contributed by atoms with Gasteiger partial charge in [0.15, 0.2) is 6.61 Å². The van der Waals surface area contributed by atoms with Gasteiger partial charge in [-0.1, -0.05) is 17.3 Å². The van der Waals surface area contributed by atoms with Crippen molar-refractivity contribution in [1.82, 2.24) is 10.5 Å². The summed E-state index contributed by atoms with van der Waals surface area (Å²) in [4.78, 5) is 24.6. The highest BCUT2D eigenvalue weighted by Crippen LogP contribution is 2.28. The normalized spacial score (nSPS) is 14.8. The topological polar surface area (TPSA) is 114 Å². The summed E-state index contributed by atoms with van der Waals surface area (Å²) in [7, 11) is 0. The van der Waals surface area contributed by atoms with E-state index in [1.807, 2.05) is 6.92 Å². The Kier molecular flexibility index (Phi) is 6.17. The minimum absolute atomic E-state index is 0.191. The summed E-state index contributed by atoms with van der Waals surface area (Å²) in [6, 6.07) is 8.81. The molecule has 3 rings (SSSR count). The lowest BCUT2D eigenvalue weighted by atomic mass is 10.00. The third-order valence-electron chi connectivity index (χ3n) is 5.04. The molecular formula is C21H23N3O5. The van der Waals surface area contributed by atoms with Gasteiger partial charge in [0.25, 0.3) is 5.91 Å². The number of aromatic nitrogens is 1. The van der Waals surface area contributed by atoms with Crippen molar-refractivity contribution in [2.45, 2.75) is 51.7 Å². The Morgan fingerprint density at radius 3 is 2.66 bits per heavy atom. The second-order valence-corrected chi connectivity index (χ2v) is 7.11. The molecule has 0 atom stereocenters. The fraction of sp³-hybridized carbons (Fsp3) is 0.429. The lowest BCUT2D eigenvalue weighted by molar-refractivity contribution is -0.125. The number of benzene rings is 1. The first-order valence-corrected chi connectivity index (χ1v) is 9.47. The van der Waals surface area contributed by atoms with Gasteiger partial charge in [0.1, 0.15) is 29.2 Å². The molecule has 1 aromatic heterocycles. The molecular weight excluding hydrogens is 374 g/mol. The fourth-order valence-electron chi connectivity index (χ4n) is 3.37. The molecule has 29 heavy (non-hydrogen) atoms. The Labute approximate surface area is 168 Å². The summed E-state index contributed by atoms with van der Waals surface area (Å²) in [6.45, 7) is 3.33. The van der Waals surface area contributed by atoms with Crippen LogP contribution < -0.4 is 10.1 Å². The molecule has 1 fully saturated rings. The number of amides is 1. The largest absolute Gasteiger partial charge is 0.488 e. The SMILES string of the molecule is Cc1noc(C)c1COc1ccccc1C(=O)OCC(=O)NC1(C#N)CCCC1. The zero-order valence-electron chi connectivity index (χ0n) is 16.5. The molecule has 1 heterocycles. The molecule has 1 N–H and O–H groups in total. The van der Waals surface area contributed by atoms with Crippen LogP contribution in [-0.4, -0.2) is 29.2 Å². The Balaban J connectivity index is 1.59. The molecule has 2 aromatic rings. The number of aryl methyl sites for hydroxylation is 2. The molecule has 1 aliphatic carbocycles. The van der Waals surface area contributed by atoms with Gasteiger partial charge >= 0.3 is 5.97 Å². The van der Waals surface area contributed by atoms with Crippen molar-refractivity contribution in [2.75, 3.05) is 6.61 Å². The van der Waals surface area contributed by atoms with Crippen LogP contribution >= 0.6 is 0 Å². The summed E-state index contributed by atoms with van der Waals surface area (Å²) >= 11 is 0. The van der Waals surface area contributed by atoms with Crippen LogP contribution in [0.25, 0.3) is 0 Å². The molecule has 0 spiro atoms. The van der Waals surface area contributed by atoms with Crippen LogP contribution in [0.15, 0.2) is 28.8 Å². The molecule has 0 radical (unpaired) electrons. The van der Waals surface area contributed by atoms with Crippen LogP contribution in [0.5, 0.6) is 5.75 Å². The number of nitriles is 1. The molecule has 0 saturated heterocycles. The molecule has 1 aliphatic rings. The van der Waals surface area contributed by atoms with E-state index in [0.717, 1.165) is 24.1 Å². The van der Waals surface area contributed by atoms with Crippen molar-refractivity contribution >= 4 is 11.9 Å². The van der Waals surface area contributed by atoms with Gasteiger partial charge in [-0.15, -0.1) is 0 Å². The van der Waals surface area contributed by atoms with Crippen LogP contribution in [0.3, 0.4) is 0 Å². The highest BCUT2D eigenvalue weighted by molar-refractivity contribution is 5.94. The number of hydrogen-bond donors (Lipinski definition) is 1. The van der Waals surface area contributed by atoms with E-state index in [4.69, 9.17) is 14.0 Å². The van der Waals surface area contributed by atoms with Gasteiger partial charge in [-0.25, -0.2) is 4.79 Å². The molecule has 0 aliphatic heterocycles. The lowest BCUT2D eigenvalue weighted by Crippen LogP contribution is -2.46. The maximum atomic E-state index is 12.5. The van der Waals surface area contributed by atoms with Crippen molar-refractivity contribution in [2.24, 2.45) is 0 Å². The Morgan fingerprint density at radius 2 is 2.00 bits per heavy atom. The Morgan fingerprint density at radius 1 is 1.28 bits per heavy atom. The smallest absolute Gasteiger partial charge is 0.342 e. The average Bonchev–Trinajstić information content (AvgIpc) is 3.32. The second-order valence-electron chi connectivity index (χ2n) is 7.11. The Bertz CT molecular complexity index is 919. The number of ether oxygens (including phenoxy) is 2. The molecule has 8 heteroatoms. The molecule has 0 unspecified atom stereocenters. The zero-order chi connectivity index (χ0) is 20.9. The predicted molar refractivity (Wildman–Crippen MR) is 102 cm³/mol. The highest BCUT2D eigenvalue weighted by Gasteiger charge is 2.35. The van der Waals surface area contributed by atoms with Crippen LogP contribution in [0.1, 0.15) is 53.1 Å². The number of carbonyl (C=O) groups is 2. The van der Waals surface area contributed by atoms with Crippen LogP contribution in [0.4, 0.5) is 0 Å². The third kappa shape index (κ3) is 4.74. The van der Waals surface area contributed by atoms with Crippen LogP contribution in [-0.2, 0) is 16.1 Å². The number of hydrogen-bond acceptors (Lipinski definition) is 7. The van der Waals surface area contributed by atoms with E-state index in [2.05, 4.69) is 16.5 Å². The van der Waals surface area contributed by atoms with Crippen molar-refractivity contribution in [3.05, 3.63) is 46.8 Å². The van der Waals surface area contributed by atoms with Gasteiger partial charge in [-0.2, -0.15) is 5.26 Å². The molecule has 0 bridgehead atoms. The summed E-state index contributed by atoms with van der Waals surface area (Å²) < 4.78 is 16.0. The quantitative estimate of drug-likeness (QED) is 0.714. The number of carbonyl (C=O) groups excluding carboxylic acids is 2. The lowest BCUT2D eigenvalue weighted by Gasteiger charge is -2.21. The van der Waals surface area contributed by atoms with Crippen LogP contribution in [0, 0.1) is 25.2 Å². The highest BCUT2D eigenvalue weighted by atomic mass is 16.5. The van der Waals surface area contributed by atoms with Gasteiger partial charge in [-0.3, -0.25) is 4.79 Å². The number of rotatable bonds is 7. The summed E-state index contributed by atoms with van der Waals surface area (Å²) in [5.41, 5.74) is 0.894. The van der Waals surface area contributed by atoms with Crippen molar-refractivity contribution in [1.29, 1.82) is 5.26 Å². The van der Waals surface area contributed by atoms with E-state index < -0.39 is 24.0 Å². The standard InChI is InChI=1S/C21H23N3O5/c1-14-17(15(2)29-24-14)11-27-18-8-4-3-7-16(18)20(26)28-12-19(25)23-21(13-22)9-5-6-10-21/h3-4,7-8H,5-6,9-12H2,1-2H3,(H,23,25). The number of nitrogens with zero attached hydrogens (tertiary/aromatic N) is 2. The Hall–Kier alpha value is -3.34. The maximum absolute atomic E-state index is 12.5. The summed E-state index contributed by atoms with van der Waals surface area (Å²) in [5.74, 6) is -0.178. The maximum Gasteiger partial charge on any atom is 0.342 e. The first-order chi connectivity index (χ1) is 13.9. The molecule has 1 aromatic carbocycles. The van der Waals surface area contributed by atoms with E-state index in [0.29, 0.717) is 24.4 Å². The van der Waals surface area contributed by atoms with Gasteiger partial charge < -0.3 is 19.3 Å². The van der Waals surface area contributed by atoms with Crippen molar-refractivity contribution in [3.8, 4) is 11.8 Å². The average molecular weight is 397 g/mol. The van der Waals surface area contributed by atoms with Gasteiger partial charge in [0.2, 0.25) is 0 Å². The van der Waals surface area contributed by atoms with Gasteiger partial charge in [0.05, 0.1) is 17.3 Å². The second kappa shape index (κ2) is 8.78. The minimum Gasteiger partial charge on any atom is -0.488 e. The van der Waals surface area contributed by atoms with E-state index in [9.17, 15) is 14.9 Å². The summed E-state index contributed by atoms with van der Waals surface area (Å²) in [6.07, 6.45) is 3.01. The van der Waals surface area contributed by atoms with Gasteiger partial charge in [0, 0.05) is 0 Å². The van der Waals surface area contributed by atoms with E-state index in [1.165, 1.54) is 0 Å².